The topological polar surface area (TPSA) is 104 Å². The molecule has 0 radical (unpaired) electrons. The van der Waals surface area contributed by atoms with E-state index in [1.807, 2.05) is 31.2 Å². The maximum Gasteiger partial charge on any atom is 0.265 e. The lowest BCUT2D eigenvalue weighted by Gasteiger charge is -2.09. The van der Waals surface area contributed by atoms with E-state index in [0.717, 1.165) is 5.56 Å². The molecule has 0 aliphatic rings. The zero-order valence-electron chi connectivity index (χ0n) is 15.2. The Labute approximate surface area is 157 Å². The molecule has 0 aliphatic heterocycles. The average Bonchev–Trinajstić information content (AvgIpc) is 2.96. The van der Waals surface area contributed by atoms with Crippen molar-refractivity contribution in [1.29, 1.82) is 0 Å². The highest BCUT2D eigenvalue weighted by Crippen LogP contribution is 2.21. The molecule has 1 aromatic heterocycles. The number of aromatic nitrogens is 2. The van der Waals surface area contributed by atoms with Crippen LogP contribution in [-0.4, -0.2) is 24.5 Å². The lowest BCUT2D eigenvalue weighted by molar-refractivity contribution is 0.102. The molecular formula is C19H20N4O3S. The number of sulfonamides is 1. The molecule has 0 spiro atoms. The molecule has 8 heteroatoms. The maximum absolute atomic E-state index is 12.5. The van der Waals surface area contributed by atoms with Gasteiger partial charge in [-0.1, -0.05) is 17.7 Å². The first-order valence-electron chi connectivity index (χ1n) is 8.29. The molecule has 0 saturated carbocycles. The molecule has 0 saturated heterocycles. The van der Waals surface area contributed by atoms with Gasteiger partial charge in [0.05, 0.1) is 11.4 Å². The fraction of sp³-hybridized carbons (Fsp3) is 0.158. The molecule has 3 aromatic rings. The molecule has 27 heavy (non-hydrogen) atoms. The van der Waals surface area contributed by atoms with Crippen LogP contribution in [0.1, 0.15) is 27.3 Å². The Morgan fingerprint density at radius 1 is 0.926 bits per heavy atom. The van der Waals surface area contributed by atoms with E-state index in [9.17, 15) is 13.2 Å². The second-order valence-corrected chi connectivity index (χ2v) is 7.89. The lowest BCUT2D eigenvalue weighted by Crippen LogP contribution is -2.15. The molecule has 1 amide bonds. The quantitative estimate of drug-likeness (QED) is 0.627. The Hall–Kier alpha value is -3.13. The van der Waals surface area contributed by atoms with Crippen LogP contribution in [0.5, 0.6) is 0 Å². The van der Waals surface area contributed by atoms with Crippen molar-refractivity contribution in [2.45, 2.75) is 25.7 Å². The van der Waals surface area contributed by atoms with E-state index in [0.29, 0.717) is 28.3 Å². The number of H-pyrrole nitrogens is 1. The molecule has 3 N–H and O–H groups in total. The normalized spacial score (nSPS) is 11.2. The third-order valence-corrected chi connectivity index (χ3v) is 5.68. The van der Waals surface area contributed by atoms with Gasteiger partial charge in [0.25, 0.3) is 15.9 Å². The number of nitrogens with one attached hydrogen (secondary N) is 3. The molecule has 0 aliphatic carbocycles. The van der Waals surface area contributed by atoms with Crippen LogP contribution in [-0.2, 0) is 10.0 Å². The second-order valence-electron chi connectivity index (χ2n) is 6.27. The number of carbonyl (C=O) groups excluding carboxylic acids is 1. The van der Waals surface area contributed by atoms with Crippen LogP contribution >= 0.6 is 0 Å². The van der Waals surface area contributed by atoms with Gasteiger partial charge < -0.3 is 5.32 Å². The number of benzene rings is 2. The van der Waals surface area contributed by atoms with Crippen molar-refractivity contribution in [1.82, 2.24) is 10.2 Å². The number of nitrogens with zero attached hydrogens (tertiary/aromatic N) is 1. The summed E-state index contributed by atoms with van der Waals surface area (Å²) in [7, 11) is -3.76. The van der Waals surface area contributed by atoms with Crippen molar-refractivity contribution >= 4 is 27.3 Å². The number of anilines is 2. The summed E-state index contributed by atoms with van der Waals surface area (Å²) in [5.74, 6) is -0.269. The summed E-state index contributed by atoms with van der Waals surface area (Å²) in [4.78, 5) is 12.4. The monoisotopic (exact) mass is 384 g/mol. The van der Waals surface area contributed by atoms with E-state index < -0.39 is 10.0 Å². The van der Waals surface area contributed by atoms with Crippen molar-refractivity contribution in [2.24, 2.45) is 0 Å². The predicted octanol–water partition coefficient (Wildman–Crippen LogP) is 3.39. The Morgan fingerprint density at radius 2 is 1.52 bits per heavy atom. The molecule has 140 valence electrons. The number of hydrogen-bond acceptors (Lipinski definition) is 4. The summed E-state index contributed by atoms with van der Waals surface area (Å²) in [6.07, 6.45) is 0. The Bertz CT molecular complexity index is 1050. The highest BCUT2D eigenvalue weighted by Gasteiger charge is 2.22. The van der Waals surface area contributed by atoms with Gasteiger partial charge >= 0.3 is 0 Å². The van der Waals surface area contributed by atoms with Gasteiger partial charge in [-0.2, -0.15) is 5.10 Å². The van der Waals surface area contributed by atoms with Gasteiger partial charge in [-0.05, 0) is 57.2 Å². The largest absolute Gasteiger partial charge is 0.322 e. The van der Waals surface area contributed by atoms with Crippen LogP contribution in [0.25, 0.3) is 0 Å². The zero-order chi connectivity index (χ0) is 19.6. The van der Waals surface area contributed by atoms with Crippen LogP contribution in [0.3, 0.4) is 0 Å². The van der Waals surface area contributed by atoms with Crippen LogP contribution in [0.2, 0.25) is 0 Å². The van der Waals surface area contributed by atoms with Crippen molar-refractivity contribution in [3.05, 3.63) is 71.0 Å². The van der Waals surface area contributed by atoms with E-state index in [1.165, 1.54) is 0 Å². The Balaban J connectivity index is 1.73. The number of rotatable bonds is 5. The SMILES string of the molecule is Cc1ccc(NC(=O)c2ccc(NS(=O)(=O)c3c(C)n[nH]c3C)cc2)cc1. The average molecular weight is 384 g/mol. The molecule has 0 atom stereocenters. The van der Waals surface area contributed by atoms with Gasteiger partial charge in [0, 0.05) is 16.9 Å². The molecule has 0 bridgehead atoms. The van der Waals surface area contributed by atoms with Crippen molar-refractivity contribution in [3.8, 4) is 0 Å². The first-order valence-corrected chi connectivity index (χ1v) is 9.77. The van der Waals surface area contributed by atoms with E-state index in [1.54, 1.807) is 38.1 Å². The summed E-state index contributed by atoms with van der Waals surface area (Å²) < 4.78 is 27.6. The van der Waals surface area contributed by atoms with Crippen LogP contribution in [0, 0.1) is 20.8 Å². The molecule has 2 aromatic carbocycles. The molecule has 0 fully saturated rings. The summed E-state index contributed by atoms with van der Waals surface area (Å²) in [5.41, 5.74) is 3.45. The van der Waals surface area contributed by atoms with E-state index >= 15 is 0 Å². The molecule has 0 unspecified atom stereocenters. The number of carbonyl (C=O) groups is 1. The lowest BCUT2D eigenvalue weighted by atomic mass is 10.2. The first-order chi connectivity index (χ1) is 12.8. The summed E-state index contributed by atoms with van der Waals surface area (Å²) in [5, 5.41) is 9.37. The number of hydrogen-bond donors (Lipinski definition) is 3. The van der Waals surface area contributed by atoms with Crippen LogP contribution in [0.4, 0.5) is 11.4 Å². The third-order valence-electron chi connectivity index (χ3n) is 4.04. The van der Waals surface area contributed by atoms with Gasteiger partial charge in [-0.25, -0.2) is 8.42 Å². The Kier molecular flexibility index (Phi) is 5.00. The standard InChI is InChI=1S/C19H20N4O3S/c1-12-4-8-16(9-5-12)20-19(24)15-6-10-17(11-7-15)23-27(25,26)18-13(2)21-22-14(18)3/h4-11,23H,1-3H3,(H,20,24)(H,21,22). The van der Waals surface area contributed by atoms with E-state index in [-0.39, 0.29) is 10.8 Å². The predicted molar refractivity (Wildman–Crippen MR) is 104 cm³/mol. The molecule has 7 nitrogen and oxygen atoms in total. The minimum atomic E-state index is -3.76. The fourth-order valence-corrected chi connectivity index (χ4v) is 4.10. The minimum absolute atomic E-state index is 0.128. The summed E-state index contributed by atoms with van der Waals surface area (Å²) in [6, 6.07) is 13.7. The number of aromatic amines is 1. The van der Waals surface area contributed by atoms with Crippen molar-refractivity contribution in [3.63, 3.8) is 0 Å². The van der Waals surface area contributed by atoms with Crippen molar-refractivity contribution < 1.29 is 13.2 Å². The maximum atomic E-state index is 12.5. The van der Waals surface area contributed by atoms with E-state index in [2.05, 4.69) is 20.2 Å². The summed E-state index contributed by atoms with van der Waals surface area (Å²) >= 11 is 0. The highest BCUT2D eigenvalue weighted by atomic mass is 32.2. The smallest absolute Gasteiger partial charge is 0.265 e. The third kappa shape index (κ3) is 4.17. The Morgan fingerprint density at radius 3 is 2.07 bits per heavy atom. The molecular weight excluding hydrogens is 364 g/mol. The van der Waals surface area contributed by atoms with Gasteiger partial charge in [0.2, 0.25) is 0 Å². The zero-order valence-corrected chi connectivity index (χ0v) is 16.0. The number of aryl methyl sites for hydroxylation is 3. The van der Waals surface area contributed by atoms with Gasteiger partial charge in [0.15, 0.2) is 0 Å². The number of amides is 1. The van der Waals surface area contributed by atoms with Crippen LogP contribution < -0.4 is 10.0 Å². The molecule has 3 rings (SSSR count). The van der Waals surface area contributed by atoms with Gasteiger partial charge in [-0.15, -0.1) is 0 Å². The van der Waals surface area contributed by atoms with Crippen molar-refractivity contribution in [2.75, 3.05) is 10.0 Å². The van der Waals surface area contributed by atoms with E-state index in [4.69, 9.17) is 0 Å². The first kappa shape index (κ1) is 18.7. The van der Waals surface area contributed by atoms with Crippen LogP contribution in [0.15, 0.2) is 53.4 Å². The highest BCUT2D eigenvalue weighted by molar-refractivity contribution is 7.92. The minimum Gasteiger partial charge on any atom is -0.322 e. The van der Waals surface area contributed by atoms with Gasteiger partial charge in [0.1, 0.15) is 4.90 Å². The summed E-state index contributed by atoms with van der Waals surface area (Å²) in [6.45, 7) is 5.24. The van der Waals surface area contributed by atoms with Gasteiger partial charge in [-0.3, -0.25) is 14.6 Å². The second kappa shape index (κ2) is 7.24. The molecule has 1 heterocycles. The fourth-order valence-electron chi connectivity index (χ4n) is 2.67.